The SMILES string of the molecule is O=C(Cc1c[nH]c2ccccc12)N(CCN1CCCC1)C1CCCNC1. The number of piperidine rings is 1. The quantitative estimate of drug-likeness (QED) is 0.837. The van der Waals surface area contributed by atoms with E-state index in [9.17, 15) is 4.79 Å². The highest BCUT2D eigenvalue weighted by Gasteiger charge is 2.26. The van der Waals surface area contributed by atoms with Gasteiger partial charge in [-0.3, -0.25) is 4.79 Å². The molecular weight excluding hydrogens is 324 g/mol. The Hall–Kier alpha value is -1.85. The van der Waals surface area contributed by atoms with Crippen LogP contribution in [0.3, 0.4) is 0 Å². The highest BCUT2D eigenvalue weighted by Crippen LogP contribution is 2.20. The molecule has 0 spiro atoms. The van der Waals surface area contributed by atoms with Gasteiger partial charge >= 0.3 is 0 Å². The maximum absolute atomic E-state index is 13.2. The Bertz CT molecular complexity index is 728. The predicted octanol–water partition coefficient (Wildman–Crippen LogP) is 2.39. The molecule has 2 aliphatic heterocycles. The lowest BCUT2D eigenvalue weighted by Gasteiger charge is -2.36. The van der Waals surface area contributed by atoms with Crippen molar-refractivity contribution in [3.8, 4) is 0 Å². The molecule has 2 N–H and O–H groups in total. The van der Waals surface area contributed by atoms with E-state index in [1.54, 1.807) is 0 Å². The number of hydrogen-bond acceptors (Lipinski definition) is 3. The minimum Gasteiger partial charge on any atom is -0.361 e. The summed E-state index contributed by atoms with van der Waals surface area (Å²) in [4.78, 5) is 21.2. The van der Waals surface area contributed by atoms with Gasteiger partial charge in [0.1, 0.15) is 0 Å². The summed E-state index contributed by atoms with van der Waals surface area (Å²) in [6.45, 7) is 6.25. The van der Waals surface area contributed by atoms with Crippen molar-refractivity contribution in [3.63, 3.8) is 0 Å². The first-order chi connectivity index (χ1) is 12.8. The fraction of sp³-hybridized carbons (Fsp3) is 0.571. The third-order valence-electron chi connectivity index (χ3n) is 5.90. The lowest BCUT2D eigenvalue weighted by Crippen LogP contribution is -2.51. The molecule has 0 bridgehead atoms. The standard InChI is InChI=1S/C21H30N4O/c26-21(14-17-15-23-20-8-2-1-7-19(17)20)25(18-6-5-9-22-16-18)13-12-24-10-3-4-11-24/h1-2,7-8,15,18,22-23H,3-6,9-14,16H2. The molecule has 0 radical (unpaired) electrons. The van der Waals surface area contributed by atoms with E-state index in [4.69, 9.17) is 0 Å². The van der Waals surface area contributed by atoms with Gasteiger partial charge in [0.25, 0.3) is 0 Å². The van der Waals surface area contributed by atoms with Crippen molar-refractivity contribution in [1.82, 2.24) is 20.1 Å². The normalized spacial score (nSPS) is 21.3. The molecule has 5 nitrogen and oxygen atoms in total. The van der Waals surface area contributed by atoms with Crippen LogP contribution in [0.15, 0.2) is 30.5 Å². The van der Waals surface area contributed by atoms with Gasteiger partial charge in [-0.1, -0.05) is 18.2 Å². The van der Waals surface area contributed by atoms with Crippen LogP contribution in [-0.4, -0.2) is 66.0 Å². The molecule has 3 heterocycles. The zero-order chi connectivity index (χ0) is 17.8. The van der Waals surface area contributed by atoms with Gasteiger partial charge in [-0.15, -0.1) is 0 Å². The Labute approximate surface area is 155 Å². The number of carbonyl (C=O) groups is 1. The Kier molecular flexibility index (Phi) is 5.56. The predicted molar refractivity (Wildman–Crippen MR) is 105 cm³/mol. The number of nitrogens with one attached hydrogen (secondary N) is 2. The van der Waals surface area contributed by atoms with E-state index in [1.165, 1.54) is 31.3 Å². The largest absolute Gasteiger partial charge is 0.361 e. The second-order valence-corrected chi connectivity index (χ2v) is 7.67. The number of aromatic amines is 1. The first-order valence-electron chi connectivity index (χ1n) is 10.1. The van der Waals surface area contributed by atoms with Crippen LogP contribution in [0.4, 0.5) is 0 Å². The van der Waals surface area contributed by atoms with Gasteiger partial charge in [-0.05, 0) is 56.9 Å². The Balaban J connectivity index is 1.46. The first kappa shape index (κ1) is 17.6. The molecule has 140 valence electrons. The first-order valence-corrected chi connectivity index (χ1v) is 10.1. The van der Waals surface area contributed by atoms with Crippen molar-refractivity contribution in [2.24, 2.45) is 0 Å². The van der Waals surface area contributed by atoms with Crippen molar-refractivity contribution in [3.05, 3.63) is 36.0 Å². The summed E-state index contributed by atoms with van der Waals surface area (Å²) in [6, 6.07) is 8.58. The van der Waals surface area contributed by atoms with E-state index in [1.807, 2.05) is 18.3 Å². The summed E-state index contributed by atoms with van der Waals surface area (Å²) in [7, 11) is 0. The molecule has 1 aromatic carbocycles. The van der Waals surface area contributed by atoms with E-state index in [2.05, 4.69) is 32.2 Å². The Morgan fingerprint density at radius 3 is 2.85 bits per heavy atom. The van der Waals surface area contributed by atoms with Crippen LogP contribution in [0.25, 0.3) is 10.9 Å². The van der Waals surface area contributed by atoms with Crippen LogP contribution < -0.4 is 5.32 Å². The number of carbonyl (C=O) groups excluding carboxylic acids is 1. The highest BCUT2D eigenvalue weighted by atomic mass is 16.2. The fourth-order valence-corrected chi connectivity index (χ4v) is 4.41. The van der Waals surface area contributed by atoms with Crippen LogP contribution >= 0.6 is 0 Å². The van der Waals surface area contributed by atoms with E-state index >= 15 is 0 Å². The number of rotatable bonds is 6. The monoisotopic (exact) mass is 354 g/mol. The minimum atomic E-state index is 0.266. The number of amides is 1. The molecule has 1 atom stereocenters. The van der Waals surface area contributed by atoms with Crippen molar-refractivity contribution >= 4 is 16.8 Å². The van der Waals surface area contributed by atoms with Gasteiger partial charge in [-0.25, -0.2) is 0 Å². The molecule has 2 aromatic rings. The molecule has 0 saturated carbocycles. The zero-order valence-corrected chi connectivity index (χ0v) is 15.5. The van der Waals surface area contributed by atoms with Crippen LogP contribution in [0.5, 0.6) is 0 Å². The topological polar surface area (TPSA) is 51.4 Å². The number of H-pyrrole nitrogens is 1. The van der Waals surface area contributed by atoms with E-state index in [0.29, 0.717) is 12.5 Å². The zero-order valence-electron chi connectivity index (χ0n) is 15.5. The minimum absolute atomic E-state index is 0.266. The average molecular weight is 354 g/mol. The molecule has 2 fully saturated rings. The number of nitrogens with zero attached hydrogens (tertiary/aromatic N) is 2. The number of benzene rings is 1. The van der Waals surface area contributed by atoms with Crippen LogP contribution in [-0.2, 0) is 11.2 Å². The molecular formula is C21H30N4O. The maximum Gasteiger partial charge on any atom is 0.227 e. The fourth-order valence-electron chi connectivity index (χ4n) is 4.41. The molecule has 5 heteroatoms. The summed E-state index contributed by atoms with van der Waals surface area (Å²) in [6.07, 6.45) is 7.36. The number of para-hydroxylation sites is 1. The molecule has 0 aliphatic carbocycles. The van der Waals surface area contributed by atoms with Gasteiger partial charge in [0.05, 0.1) is 6.42 Å². The lowest BCUT2D eigenvalue weighted by atomic mass is 10.0. The Morgan fingerprint density at radius 1 is 1.19 bits per heavy atom. The van der Waals surface area contributed by atoms with Crippen molar-refractivity contribution in [2.45, 2.75) is 38.1 Å². The molecule has 1 amide bonds. The number of hydrogen-bond donors (Lipinski definition) is 2. The third-order valence-corrected chi connectivity index (χ3v) is 5.90. The molecule has 1 aromatic heterocycles. The summed E-state index contributed by atoms with van der Waals surface area (Å²) < 4.78 is 0. The van der Waals surface area contributed by atoms with Crippen LogP contribution in [0.1, 0.15) is 31.2 Å². The van der Waals surface area contributed by atoms with Gasteiger partial charge in [0.2, 0.25) is 5.91 Å². The van der Waals surface area contributed by atoms with Gasteiger partial charge in [-0.2, -0.15) is 0 Å². The van der Waals surface area contributed by atoms with Gasteiger partial charge < -0.3 is 20.1 Å². The number of likely N-dealkylation sites (tertiary alicyclic amines) is 1. The molecule has 2 saturated heterocycles. The van der Waals surface area contributed by atoms with Crippen LogP contribution in [0.2, 0.25) is 0 Å². The smallest absolute Gasteiger partial charge is 0.227 e. The third kappa shape index (κ3) is 3.94. The lowest BCUT2D eigenvalue weighted by molar-refractivity contribution is -0.133. The molecule has 26 heavy (non-hydrogen) atoms. The molecule has 1 unspecified atom stereocenters. The van der Waals surface area contributed by atoms with Crippen molar-refractivity contribution < 1.29 is 4.79 Å². The number of fused-ring (bicyclic) bond motifs is 1. The van der Waals surface area contributed by atoms with Crippen molar-refractivity contribution in [2.75, 3.05) is 39.3 Å². The average Bonchev–Trinajstić information content (AvgIpc) is 3.33. The second-order valence-electron chi connectivity index (χ2n) is 7.67. The summed E-state index contributed by atoms with van der Waals surface area (Å²) >= 11 is 0. The second kappa shape index (κ2) is 8.23. The van der Waals surface area contributed by atoms with E-state index in [0.717, 1.165) is 50.1 Å². The molecule has 2 aliphatic rings. The molecule has 4 rings (SSSR count). The van der Waals surface area contributed by atoms with Gasteiger partial charge in [0, 0.05) is 42.8 Å². The van der Waals surface area contributed by atoms with Gasteiger partial charge in [0.15, 0.2) is 0 Å². The summed E-state index contributed by atoms with van der Waals surface area (Å²) in [5, 5.41) is 4.64. The summed E-state index contributed by atoms with van der Waals surface area (Å²) in [5.41, 5.74) is 2.22. The van der Waals surface area contributed by atoms with Crippen molar-refractivity contribution in [1.29, 1.82) is 0 Å². The van der Waals surface area contributed by atoms with E-state index in [-0.39, 0.29) is 5.91 Å². The van der Waals surface area contributed by atoms with E-state index < -0.39 is 0 Å². The summed E-state index contributed by atoms with van der Waals surface area (Å²) in [5.74, 6) is 0.266. The number of aromatic nitrogens is 1. The maximum atomic E-state index is 13.2. The Morgan fingerprint density at radius 2 is 2.04 bits per heavy atom. The van der Waals surface area contributed by atoms with Crippen LogP contribution in [0, 0.1) is 0 Å². The highest BCUT2D eigenvalue weighted by molar-refractivity contribution is 5.89.